The van der Waals surface area contributed by atoms with Crippen molar-refractivity contribution in [1.29, 1.82) is 0 Å². The number of pyridine rings is 1. The second-order valence-electron chi connectivity index (χ2n) is 5.18. The van der Waals surface area contributed by atoms with Crippen LogP contribution >= 0.6 is 24.0 Å². The first-order valence-electron chi connectivity index (χ1n) is 7.78. The summed E-state index contributed by atoms with van der Waals surface area (Å²) in [5.41, 5.74) is 3.58. The molecule has 6 heteroatoms. The monoisotopic (exact) mass is 440 g/mol. The van der Waals surface area contributed by atoms with Gasteiger partial charge >= 0.3 is 0 Å². The fraction of sp³-hybridized carbons (Fsp3) is 0.333. The third-order valence-electron chi connectivity index (χ3n) is 3.48. The van der Waals surface area contributed by atoms with E-state index in [0.29, 0.717) is 12.4 Å². The Hall–Kier alpha value is -1.83. The standard InChI is InChI=1S/C18H24N4O.HI/c1-4-19-18(22-13-16-8-6-5-7-14(16)2)21-12-15-9-10-17(23-3)20-11-15;/h5-11H,4,12-13H2,1-3H3,(H2,19,21,22);1H. The number of ether oxygens (including phenoxy) is 1. The van der Waals surface area contributed by atoms with Gasteiger partial charge in [-0.1, -0.05) is 30.3 Å². The maximum absolute atomic E-state index is 5.06. The summed E-state index contributed by atoms with van der Waals surface area (Å²) in [7, 11) is 1.61. The zero-order valence-electron chi connectivity index (χ0n) is 14.4. The third kappa shape index (κ3) is 6.35. The molecule has 2 N–H and O–H groups in total. The highest BCUT2D eigenvalue weighted by Crippen LogP contribution is 2.08. The molecule has 0 fully saturated rings. The molecule has 2 aromatic rings. The third-order valence-corrected chi connectivity index (χ3v) is 3.48. The van der Waals surface area contributed by atoms with Crippen LogP contribution < -0.4 is 15.4 Å². The summed E-state index contributed by atoms with van der Waals surface area (Å²) in [6.07, 6.45) is 1.78. The minimum atomic E-state index is 0. The van der Waals surface area contributed by atoms with Crippen LogP contribution in [0.1, 0.15) is 23.6 Å². The number of rotatable bonds is 6. The predicted molar refractivity (Wildman–Crippen MR) is 109 cm³/mol. The summed E-state index contributed by atoms with van der Waals surface area (Å²) in [4.78, 5) is 8.79. The lowest BCUT2D eigenvalue weighted by molar-refractivity contribution is 0.397. The lowest BCUT2D eigenvalue weighted by Gasteiger charge is -2.12. The van der Waals surface area contributed by atoms with Gasteiger partial charge in [0.05, 0.1) is 13.7 Å². The summed E-state index contributed by atoms with van der Waals surface area (Å²) in [5, 5.41) is 6.62. The van der Waals surface area contributed by atoms with E-state index in [0.717, 1.165) is 24.6 Å². The van der Waals surface area contributed by atoms with Gasteiger partial charge in [0.15, 0.2) is 5.96 Å². The minimum Gasteiger partial charge on any atom is -0.481 e. The lowest BCUT2D eigenvalue weighted by atomic mass is 10.1. The van der Waals surface area contributed by atoms with Gasteiger partial charge < -0.3 is 15.4 Å². The van der Waals surface area contributed by atoms with Crippen molar-refractivity contribution < 1.29 is 4.74 Å². The van der Waals surface area contributed by atoms with Crippen LogP contribution in [0, 0.1) is 6.92 Å². The molecular formula is C18H25IN4O. The zero-order valence-corrected chi connectivity index (χ0v) is 16.7. The van der Waals surface area contributed by atoms with Crippen LogP contribution in [-0.4, -0.2) is 24.6 Å². The lowest BCUT2D eigenvalue weighted by Crippen LogP contribution is -2.36. The van der Waals surface area contributed by atoms with Crippen molar-refractivity contribution in [2.75, 3.05) is 13.7 Å². The van der Waals surface area contributed by atoms with Crippen LogP contribution in [0.3, 0.4) is 0 Å². The van der Waals surface area contributed by atoms with Crippen LogP contribution in [-0.2, 0) is 13.1 Å². The van der Waals surface area contributed by atoms with Crippen molar-refractivity contribution >= 4 is 29.9 Å². The molecule has 0 radical (unpaired) electrons. The molecular weight excluding hydrogens is 415 g/mol. The molecule has 24 heavy (non-hydrogen) atoms. The van der Waals surface area contributed by atoms with Crippen LogP contribution in [0.2, 0.25) is 0 Å². The largest absolute Gasteiger partial charge is 0.481 e. The zero-order chi connectivity index (χ0) is 16.5. The molecule has 1 heterocycles. The number of hydrogen-bond donors (Lipinski definition) is 2. The number of aromatic nitrogens is 1. The van der Waals surface area contributed by atoms with Gasteiger partial charge in [-0.15, -0.1) is 24.0 Å². The van der Waals surface area contributed by atoms with E-state index in [2.05, 4.69) is 58.7 Å². The van der Waals surface area contributed by atoms with E-state index in [1.165, 1.54) is 11.1 Å². The Morgan fingerprint density at radius 2 is 1.96 bits per heavy atom. The Kier molecular flexibility index (Phi) is 9.14. The van der Waals surface area contributed by atoms with E-state index in [-0.39, 0.29) is 24.0 Å². The van der Waals surface area contributed by atoms with E-state index in [4.69, 9.17) is 4.74 Å². The number of guanidine groups is 1. The van der Waals surface area contributed by atoms with Crippen molar-refractivity contribution in [3.8, 4) is 5.88 Å². The van der Waals surface area contributed by atoms with Gasteiger partial charge in [-0.3, -0.25) is 0 Å². The second kappa shape index (κ2) is 10.9. The Labute approximate surface area is 161 Å². The van der Waals surface area contributed by atoms with Gasteiger partial charge in [-0.25, -0.2) is 9.98 Å². The number of halogens is 1. The fourth-order valence-corrected chi connectivity index (χ4v) is 2.12. The minimum absolute atomic E-state index is 0. The number of aliphatic imine (C=N–C) groups is 1. The van der Waals surface area contributed by atoms with Crippen molar-refractivity contribution in [1.82, 2.24) is 15.6 Å². The molecule has 5 nitrogen and oxygen atoms in total. The molecule has 130 valence electrons. The average molecular weight is 440 g/mol. The highest BCUT2D eigenvalue weighted by molar-refractivity contribution is 14.0. The van der Waals surface area contributed by atoms with E-state index in [1.54, 1.807) is 13.3 Å². The van der Waals surface area contributed by atoms with Gasteiger partial charge in [-0.2, -0.15) is 0 Å². The predicted octanol–water partition coefficient (Wildman–Crippen LogP) is 3.27. The highest BCUT2D eigenvalue weighted by atomic mass is 127. The first-order valence-corrected chi connectivity index (χ1v) is 7.78. The first-order chi connectivity index (χ1) is 11.2. The van der Waals surface area contributed by atoms with E-state index >= 15 is 0 Å². The maximum atomic E-state index is 5.06. The van der Waals surface area contributed by atoms with Crippen molar-refractivity contribution in [2.45, 2.75) is 26.9 Å². The topological polar surface area (TPSA) is 58.5 Å². The molecule has 0 amide bonds. The SMILES string of the molecule is CCNC(=NCc1ccc(OC)nc1)NCc1ccccc1C.I. The number of nitrogens with zero attached hydrogens (tertiary/aromatic N) is 2. The van der Waals surface area contributed by atoms with Gasteiger partial charge in [0.25, 0.3) is 0 Å². The summed E-state index contributed by atoms with van der Waals surface area (Å²) in [6, 6.07) is 12.2. The van der Waals surface area contributed by atoms with E-state index in [9.17, 15) is 0 Å². The Morgan fingerprint density at radius 3 is 2.58 bits per heavy atom. The van der Waals surface area contributed by atoms with Crippen molar-refractivity contribution in [3.63, 3.8) is 0 Å². The van der Waals surface area contributed by atoms with Crippen LogP contribution in [0.15, 0.2) is 47.6 Å². The number of hydrogen-bond acceptors (Lipinski definition) is 3. The Bertz CT molecular complexity index is 644. The average Bonchev–Trinajstić information content (AvgIpc) is 2.59. The van der Waals surface area contributed by atoms with Crippen molar-refractivity contribution in [2.24, 2.45) is 4.99 Å². The normalized spacial score (nSPS) is 10.7. The summed E-state index contributed by atoms with van der Waals surface area (Å²) < 4.78 is 5.06. The summed E-state index contributed by atoms with van der Waals surface area (Å²) in [5.74, 6) is 1.41. The molecule has 0 saturated carbocycles. The molecule has 0 saturated heterocycles. The molecule has 1 aromatic carbocycles. The first kappa shape index (κ1) is 20.2. The molecule has 1 aromatic heterocycles. The number of nitrogens with one attached hydrogen (secondary N) is 2. The molecule has 0 aliphatic rings. The fourth-order valence-electron chi connectivity index (χ4n) is 2.12. The molecule has 0 aliphatic heterocycles. The molecule has 0 bridgehead atoms. The van der Waals surface area contributed by atoms with Crippen molar-refractivity contribution in [3.05, 3.63) is 59.3 Å². The molecule has 0 unspecified atom stereocenters. The van der Waals surface area contributed by atoms with Crippen LogP contribution in [0.5, 0.6) is 5.88 Å². The number of aryl methyl sites for hydroxylation is 1. The molecule has 0 atom stereocenters. The number of benzene rings is 1. The molecule has 0 spiro atoms. The van der Waals surface area contributed by atoms with Crippen LogP contribution in [0.4, 0.5) is 0 Å². The molecule has 0 aliphatic carbocycles. The van der Waals surface area contributed by atoms with Gasteiger partial charge in [0.2, 0.25) is 5.88 Å². The maximum Gasteiger partial charge on any atom is 0.212 e. The van der Waals surface area contributed by atoms with Gasteiger partial charge in [0, 0.05) is 25.4 Å². The summed E-state index contributed by atoms with van der Waals surface area (Å²) in [6.45, 7) is 6.31. The van der Waals surface area contributed by atoms with Crippen LogP contribution in [0.25, 0.3) is 0 Å². The highest BCUT2D eigenvalue weighted by Gasteiger charge is 2.01. The second-order valence-corrected chi connectivity index (χ2v) is 5.18. The van der Waals surface area contributed by atoms with Gasteiger partial charge in [0.1, 0.15) is 0 Å². The van der Waals surface area contributed by atoms with E-state index < -0.39 is 0 Å². The Morgan fingerprint density at radius 1 is 1.17 bits per heavy atom. The quantitative estimate of drug-likeness (QED) is 0.411. The summed E-state index contributed by atoms with van der Waals surface area (Å²) >= 11 is 0. The van der Waals surface area contributed by atoms with E-state index in [1.807, 2.05) is 12.1 Å². The van der Waals surface area contributed by atoms with Gasteiger partial charge in [-0.05, 0) is 30.5 Å². The Balaban J connectivity index is 0.00000288. The number of methoxy groups -OCH3 is 1. The molecule has 2 rings (SSSR count). The smallest absolute Gasteiger partial charge is 0.212 e.